The molecule has 1 aromatic carbocycles. The lowest BCUT2D eigenvalue weighted by atomic mass is 10.2. The summed E-state index contributed by atoms with van der Waals surface area (Å²) in [5.74, 6) is 1.29. The molecule has 3 aromatic rings. The highest BCUT2D eigenvalue weighted by Gasteiger charge is 2.22. The Balaban J connectivity index is 1.29. The number of rotatable bonds is 4. The van der Waals surface area contributed by atoms with Crippen molar-refractivity contribution >= 4 is 17.1 Å². The number of benzene rings is 1. The highest BCUT2D eigenvalue weighted by Crippen LogP contribution is 2.30. The van der Waals surface area contributed by atoms with E-state index in [4.69, 9.17) is 9.47 Å². The van der Waals surface area contributed by atoms with Gasteiger partial charge in [-0.25, -0.2) is 4.52 Å². The van der Waals surface area contributed by atoms with Crippen molar-refractivity contribution in [2.45, 2.75) is 18.9 Å². The molecule has 4 heterocycles. The van der Waals surface area contributed by atoms with E-state index in [1.807, 2.05) is 36.5 Å². The zero-order valence-corrected chi connectivity index (χ0v) is 15.5. The fourth-order valence-corrected chi connectivity index (χ4v) is 3.78. The van der Waals surface area contributed by atoms with Crippen LogP contribution in [0.25, 0.3) is 5.52 Å². The molecule has 2 aromatic heterocycles. The first kappa shape index (κ1) is 16.9. The molecule has 2 aliphatic rings. The van der Waals surface area contributed by atoms with E-state index in [9.17, 15) is 4.79 Å². The number of amides is 1. The van der Waals surface area contributed by atoms with E-state index in [0.717, 1.165) is 30.0 Å². The third kappa shape index (κ3) is 3.13. The van der Waals surface area contributed by atoms with Gasteiger partial charge in [0.15, 0.2) is 11.5 Å². The van der Waals surface area contributed by atoms with Crippen molar-refractivity contribution < 1.29 is 14.3 Å². The molecule has 1 saturated heterocycles. The van der Waals surface area contributed by atoms with E-state index in [1.165, 1.54) is 12.8 Å². The Hall–Kier alpha value is -3.22. The molecule has 144 valence electrons. The van der Waals surface area contributed by atoms with E-state index in [0.29, 0.717) is 24.5 Å². The molecule has 0 radical (unpaired) electrons. The molecule has 2 aliphatic heterocycles. The number of aromatic nitrogens is 2. The van der Waals surface area contributed by atoms with Crippen LogP contribution in [0, 0.1) is 0 Å². The van der Waals surface area contributed by atoms with Gasteiger partial charge in [0.05, 0.1) is 23.8 Å². The number of carbonyl (C=O) groups excluding carboxylic acids is 1. The average molecular weight is 378 g/mol. The number of para-hydroxylation sites is 2. The molecule has 7 heteroatoms. The molecule has 1 unspecified atom stereocenters. The fraction of sp³-hybridized carbons (Fsp3) is 0.333. The van der Waals surface area contributed by atoms with Crippen molar-refractivity contribution in [2.24, 2.45) is 0 Å². The number of nitrogens with zero attached hydrogens (tertiary/aromatic N) is 3. The van der Waals surface area contributed by atoms with Crippen molar-refractivity contribution in [3.63, 3.8) is 0 Å². The zero-order valence-electron chi connectivity index (χ0n) is 15.5. The molecule has 0 bridgehead atoms. The molecule has 1 amide bonds. The van der Waals surface area contributed by atoms with Crippen molar-refractivity contribution in [1.29, 1.82) is 0 Å². The molecular formula is C21H22N4O3. The van der Waals surface area contributed by atoms with E-state index < -0.39 is 0 Å². The number of anilines is 1. The summed E-state index contributed by atoms with van der Waals surface area (Å²) < 4.78 is 13.4. The summed E-state index contributed by atoms with van der Waals surface area (Å²) in [6, 6.07) is 11.7. The predicted molar refractivity (Wildman–Crippen MR) is 105 cm³/mol. The molecule has 1 N–H and O–H groups in total. The maximum absolute atomic E-state index is 12.8. The molecule has 1 fully saturated rings. The minimum Gasteiger partial charge on any atom is -0.486 e. The van der Waals surface area contributed by atoms with Gasteiger partial charge in [0.2, 0.25) is 0 Å². The zero-order chi connectivity index (χ0) is 18.9. The number of ether oxygens (including phenoxy) is 2. The summed E-state index contributed by atoms with van der Waals surface area (Å²) in [5, 5.41) is 7.27. The number of fused-ring (bicyclic) bond motifs is 2. The highest BCUT2D eigenvalue weighted by atomic mass is 16.6. The second-order valence-corrected chi connectivity index (χ2v) is 7.17. The van der Waals surface area contributed by atoms with Gasteiger partial charge in [-0.1, -0.05) is 12.1 Å². The van der Waals surface area contributed by atoms with Crippen LogP contribution in [0.15, 0.2) is 48.8 Å². The summed E-state index contributed by atoms with van der Waals surface area (Å²) in [6.07, 6.45) is 5.73. The monoisotopic (exact) mass is 378 g/mol. The fourth-order valence-electron chi connectivity index (χ4n) is 3.78. The minimum absolute atomic E-state index is 0.156. The SMILES string of the molecule is O=C(NCC1COc2ccccc2O1)c1cnn2ccc(N3CCCC3)cc12. The standard InChI is InChI=1S/C21H22N4O3/c26-21(22-12-16-14-27-19-5-1-2-6-20(19)28-16)17-13-23-25-10-7-15(11-18(17)25)24-8-3-4-9-24/h1-2,5-7,10-11,13,16H,3-4,8-9,12,14H2,(H,22,26). The lowest BCUT2D eigenvalue weighted by molar-refractivity contribution is 0.0790. The van der Waals surface area contributed by atoms with Gasteiger partial charge in [0, 0.05) is 25.0 Å². The Labute approximate surface area is 162 Å². The third-order valence-electron chi connectivity index (χ3n) is 5.28. The van der Waals surface area contributed by atoms with Crippen molar-refractivity contribution in [3.05, 3.63) is 54.4 Å². The van der Waals surface area contributed by atoms with Crippen LogP contribution in [0.5, 0.6) is 11.5 Å². The van der Waals surface area contributed by atoms with Crippen LogP contribution in [-0.4, -0.2) is 47.9 Å². The van der Waals surface area contributed by atoms with Gasteiger partial charge < -0.3 is 19.7 Å². The van der Waals surface area contributed by atoms with Gasteiger partial charge in [-0.15, -0.1) is 0 Å². The minimum atomic E-state index is -0.221. The van der Waals surface area contributed by atoms with E-state index >= 15 is 0 Å². The van der Waals surface area contributed by atoms with Gasteiger partial charge >= 0.3 is 0 Å². The smallest absolute Gasteiger partial charge is 0.255 e. The lowest BCUT2D eigenvalue weighted by Crippen LogP contribution is -2.40. The molecular weight excluding hydrogens is 356 g/mol. The number of hydrogen-bond acceptors (Lipinski definition) is 5. The number of carbonyl (C=O) groups is 1. The summed E-state index contributed by atoms with van der Waals surface area (Å²) in [7, 11) is 0. The van der Waals surface area contributed by atoms with Crippen LogP contribution >= 0.6 is 0 Å². The van der Waals surface area contributed by atoms with E-state index in [2.05, 4.69) is 21.4 Å². The molecule has 28 heavy (non-hydrogen) atoms. The lowest BCUT2D eigenvalue weighted by Gasteiger charge is -2.26. The first-order valence-corrected chi connectivity index (χ1v) is 9.67. The normalized spacial score (nSPS) is 18.4. The number of pyridine rings is 1. The third-order valence-corrected chi connectivity index (χ3v) is 5.28. The van der Waals surface area contributed by atoms with E-state index in [-0.39, 0.29) is 12.0 Å². The van der Waals surface area contributed by atoms with Crippen molar-refractivity contribution in [3.8, 4) is 11.5 Å². The molecule has 0 spiro atoms. The summed E-state index contributed by atoms with van der Waals surface area (Å²) in [4.78, 5) is 15.1. The van der Waals surface area contributed by atoms with Crippen LogP contribution in [0.2, 0.25) is 0 Å². The number of hydrogen-bond donors (Lipinski definition) is 1. The topological polar surface area (TPSA) is 68.1 Å². The summed E-state index contributed by atoms with van der Waals surface area (Å²) >= 11 is 0. The van der Waals surface area contributed by atoms with Crippen LogP contribution in [0.3, 0.4) is 0 Å². The largest absolute Gasteiger partial charge is 0.486 e. The summed E-state index contributed by atoms with van der Waals surface area (Å²) in [6.45, 7) is 2.90. The second kappa shape index (κ2) is 7.07. The molecule has 0 saturated carbocycles. The van der Waals surface area contributed by atoms with Crippen molar-refractivity contribution in [2.75, 3.05) is 31.1 Å². The maximum Gasteiger partial charge on any atom is 0.255 e. The quantitative estimate of drug-likeness (QED) is 0.756. The van der Waals surface area contributed by atoms with Crippen LogP contribution in [0.4, 0.5) is 5.69 Å². The van der Waals surface area contributed by atoms with Crippen LogP contribution < -0.4 is 19.7 Å². The molecule has 5 rings (SSSR count). The Bertz CT molecular complexity index is 1010. The van der Waals surface area contributed by atoms with Crippen molar-refractivity contribution in [1.82, 2.24) is 14.9 Å². The first-order chi connectivity index (χ1) is 13.8. The second-order valence-electron chi connectivity index (χ2n) is 7.17. The Morgan fingerprint density at radius 2 is 2.00 bits per heavy atom. The van der Waals surface area contributed by atoms with Gasteiger partial charge in [-0.05, 0) is 37.1 Å². The molecule has 7 nitrogen and oxygen atoms in total. The van der Waals surface area contributed by atoms with Gasteiger partial charge in [-0.3, -0.25) is 4.79 Å². The molecule has 0 aliphatic carbocycles. The van der Waals surface area contributed by atoms with Crippen LogP contribution in [0.1, 0.15) is 23.2 Å². The summed E-state index contributed by atoms with van der Waals surface area (Å²) in [5.41, 5.74) is 2.52. The van der Waals surface area contributed by atoms with E-state index in [1.54, 1.807) is 10.7 Å². The Morgan fingerprint density at radius 1 is 1.18 bits per heavy atom. The predicted octanol–water partition coefficient (Wildman–Crippen LogP) is 2.50. The van der Waals surface area contributed by atoms with Crippen LogP contribution in [-0.2, 0) is 0 Å². The molecule has 1 atom stereocenters. The maximum atomic E-state index is 12.8. The first-order valence-electron chi connectivity index (χ1n) is 9.67. The van der Waals surface area contributed by atoms with Gasteiger partial charge in [0.1, 0.15) is 12.7 Å². The van der Waals surface area contributed by atoms with Gasteiger partial charge in [-0.2, -0.15) is 5.10 Å². The number of nitrogens with one attached hydrogen (secondary N) is 1. The Kier molecular flexibility index (Phi) is 4.27. The highest BCUT2D eigenvalue weighted by molar-refractivity contribution is 6.01. The van der Waals surface area contributed by atoms with Gasteiger partial charge in [0.25, 0.3) is 5.91 Å². The average Bonchev–Trinajstić information content (AvgIpc) is 3.41. The Morgan fingerprint density at radius 3 is 2.86 bits per heavy atom.